The molecule has 0 atom stereocenters. The highest BCUT2D eigenvalue weighted by Crippen LogP contribution is 2.25. The van der Waals surface area contributed by atoms with Gasteiger partial charge in [-0.3, -0.25) is 0 Å². The number of sulfonamides is 1. The van der Waals surface area contributed by atoms with Gasteiger partial charge in [0.2, 0.25) is 10.0 Å². The number of piperidine rings is 1. The lowest BCUT2D eigenvalue weighted by Crippen LogP contribution is -2.40. The van der Waals surface area contributed by atoms with Crippen molar-refractivity contribution >= 4 is 10.0 Å². The molecule has 1 fully saturated rings. The molecule has 1 aromatic carbocycles. The van der Waals surface area contributed by atoms with Gasteiger partial charge in [0.15, 0.2) is 0 Å². The SMILES string of the molecule is CN(C)CC1CCN(S(=O)(=O)c2ccc(O)cc2)CC1. The topological polar surface area (TPSA) is 60.9 Å². The van der Waals surface area contributed by atoms with Crippen molar-refractivity contribution in [1.82, 2.24) is 9.21 Å². The molecular weight excluding hydrogens is 276 g/mol. The van der Waals surface area contributed by atoms with Crippen LogP contribution in [0, 0.1) is 5.92 Å². The smallest absolute Gasteiger partial charge is 0.243 e. The summed E-state index contributed by atoms with van der Waals surface area (Å²) in [5, 5.41) is 9.24. The second-order valence-corrected chi connectivity index (χ2v) is 7.54. The van der Waals surface area contributed by atoms with E-state index in [9.17, 15) is 13.5 Å². The second kappa shape index (κ2) is 6.11. The van der Waals surface area contributed by atoms with Gasteiger partial charge in [0, 0.05) is 19.6 Å². The third kappa shape index (κ3) is 3.50. The van der Waals surface area contributed by atoms with Crippen molar-refractivity contribution in [3.63, 3.8) is 0 Å². The summed E-state index contributed by atoms with van der Waals surface area (Å²) < 4.78 is 26.5. The molecule has 5 nitrogen and oxygen atoms in total. The van der Waals surface area contributed by atoms with Crippen LogP contribution >= 0.6 is 0 Å². The van der Waals surface area contributed by atoms with Gasteiger partial charge in [0.1, 0.15) is 5.75 Å². The van der Waals surface area contributed by atoms with Crippen molar-refractivity contribution in [2.24, 2.45) is 5.92 Å². The number of hydrogen-bond donors (Lipinski definition) is 1. The van der Waals surface area contributed by atoms with Crippen molar-refractivity contribution in [1.29, 1.82) is 0 Å². The Morgan fingerprint density at radius 1 is 1.20 bits per heavy atom. The fourth-order valence-corrected chi connectivity index (χ4v) is 4.09. The maximum atomic E-state index is 12.5. The second-order valence-electron chi connectivity index (χ2n) is 5.60. The molecular formula is C14H22N2O3S. The molecule has 0 aliphatic carbocycles. The first-order valence-electron chi connectivity index (χ1n) is 6.83. The van der Waals surface area contributed by atoms with Crippen LogP contribution in [0.3, 0.4) is 0 Å². The van der Waals surface area contributed by atoms with E-state index in [0.717, 1.165) is 19.4 Å². The quantitative estimate of drug-likeness (QED) is 0.911. The van der Waals surface area contributed by atoms with E-state index >= 15 is 0 Å². The summed E-state index contributed by atoms with van der Waals surface area (Å²) in [5.74, 6) is 0.643. The predicted octanol–water partition coefficient (Wildman–Crippen LogP) is 1.35. The first-order chi connectivity index (χ1) is 9.39. The number of phenolic OH excluding ortho intramolecular Hbond substituents is 1. The monoisotopic (exact) mass is 298 g/mol. The Kier molecular flexibility index (Phi) is 4.67. The van der Waals surface area contributed by atoms with Gasteiger partial charge >= 0.3 is 0 Å². The van der Waals surface area contributed by atoms with E-state index in [-0.39, 0.29) is 10.6 Å². The number of nitrogens with zero attached hydrogens (tertiary/aromatic N) is 2. The molecule has 0 saturated carbocycles. The van der Waals surface area contributed by atoms with Gasteiger partial charge in [-0.25, -0.2) is 8.42 Å². The standard InChI is InChI=1S/C14H22N2O3S/c1-15(2)11-12-7-9-16(10-8-12)20(18,19)14-5-3-13(17)4-6-14/h3-6,12,17H,7-11H2,1-2H3. The van der Waals surface area contributed by atoms with Crippen molar-refractivity contribution < 1.29 is 13.5 Å². The van der Waals surface area contributed by atoms with Crippen LogP contribution in [-0.4, -0.2) is 56.5 Å². The summed E-state index contributed by atoms with van der Waals surface area (Å²) in [4.78, 5) is 2.40. The summed E-state index contributed by atoms with van der Waals surface area (Å²) in [6.07, 6.45) is 1.80. The van der Waals surface area contributed by atoms with Gasteiger partial charge in [0.25, 0.3) is 0 Å². The zero-order valence-electron chi connectivity index (χ0n) is 12.0. The van der Waals surface area contributed by atoms with Crippen LogP contribution in [0.1, 0.15) is 12.8 Å². The zero-order chi connectivity index (χ0) is 14.8. The molecule has 0 aromatic heterocycles. The van der Waals surface area contributed by atoms with E-state index in [2.05, 4.69) is 4.90 Å². The third-order valence-corrected chi connectivity index (χ3v) is 5.58. The average Bonchev–Trinajstić information content (AvgIpc) is 2.39. The van der Waals surface area contributed by atoms with Crippen LogP contribution in [0.2, 0.25) is 0 Å². The molecule has 1 N–H and O–H groups in total. The van der Waals surface area contributed by atoms with E-state index in [1.807, 2.05) is 14.1 Å². The van der Waals surface area contributed by atoms with Gasteiger partial charge in [-0.15, -0.1) is 0 Å². The molecule has 0 unspecified atom stereocenters. The van der Waals surface area contributed by atoms with E-state index in [1.165, 1.54) is 24.3 Å². The summed E-state index contributed by atoms with van der Waals surface area (Å²) in [6, 6.07) is 5.73. The highest BCUT2D eigenvalue weighted by atomic mass is 32.2. The molecule has 1 aliphatic rings. The molecule has 1 saturated heterocycles. The van der Waals surface area contributed by atoms with Gasteiger partial charge in [-0.1, -0.05) is 0 Å². The molecule has 2 rings (SSSR count). The average molecular weight is 298 g/mol. The van der Waals surface area contributed by atoms with Gasteiger partial charge < -0.3 is 10.0 Å². The van der Waals surface area contributed by atoms with E-state index in [1.54, 1.807) is 4.31 Å². The molecule has 112 valence electrons. The van der Waals surface area contributed by atoms with Crippen LogP contribution in [-0.2, 0) is 10.0 Å². The summed E-state index contributed by atoms with van der Waals surface area (Å²) >= 11 is 0. The molecule has 1 aromatic rings. The van der Waals surface area contributed by atoms with Crippen molar-refractivity contribution in [3.05, 3.63) is 24.3 Å². The van der Waals surface area contributed by atoms with Crippen LogP contribution in [0.4, 0.5) is 0 Å². The first-order valence-corrected chi connectivity index (χ1v) is 8.27. The molecule has 20 heavy (non-hydrogen) atoms. The van der Waals surface area contributed by atoms with Crippen molar-refractivity contribution in [2.75, 3.05) is 33.7 Å². The Labute approximate surface area is 120 Å². The lowest BCUT2D eigenvalue weighted by atomic mass is 9.98. The number of phenols is 1. The summed E-state index contributed by atoms with van der Waals surface area (Å²) in [6.45, 7) is 2.15. The number of rotatable bonds is 4. The van der Waals surface area contributed by atoms with Crippen molar-refractivity contribution in [2.45, 2.75) is 17.7 Å². The number of benzene rings is 1. The van der Waals surface area contributed by atoms with Crippen molar-refractivity contribution in [3.8, 4) is 5.75 Å². The van der Waals surface area contributed by atoms with E-state index < -0.39 is 10.0 Å². The Hall–Kier alpha value is -1.11. The summed E-state index contributed by atoms with van der Waals surface area (Å²) in [5.41, 5.74) is 0. The van der Waals surface area contributed by atoms with Crippen LogP contribution in [0.25, 0.3) is 0 Å². The lowest BCUT2D eigenvalue weighted by molar-refractivity contribution is 0.225. The van der Waals surface area contributed by atoms with Gasteiger partial charge in [0.05, 0.1) is 4.90 Å². The maximum absolute atomic E-state index is 12.5. The lowest BCUT2D eigenvalue weighted by Gasteiger charge is -2.32. The number of aromatic hydroxyl groups is 1. The van der Waals surface area contributed by atoms with E-state index in [4.69, 9.17) is 0 Å². The Bertz CT molecular complexity index is 532. The molecule has 0 spiro atoms. The predicted molar refractivity (Wildman–Crippen MR) is 78.1 cm³/mol. The minimum absolute atomic E-state index is 0.0774. The van der Waals surface area contributed by atoms with Crippen LogP contribution in [0.5, 0.6) is 5.75 Å². The van der Waals surface area contributed by atoms with E-state index in [0.29, 0.717) is 19.0 Å². The largest absolute Gasteiger partial charge is 0.508 e. The fraction of sp³-hybridized carbons (Fsp3) is 0.571. The zero-order valence-corrected chi connectivity index (χ0v) is 12.8. The molecule has 0 bridgehead atoms. The minimum Gasteiger partial charge on any atom is -0.508 e. The van der Waals surface area contributed by atoms with Gasteiger partial charge in [-0.05, 0) is 57.1 Å². The minimum atomic E-state index is -3.42. The van der Waals surface area contributed by atoms with Crippen LogP contribution < -0.4 is 0 Å². The molecule has 6 heteroatoms. The Morgan fingerprint density at radius 2 is 1.75 bits per heavy atom. The summed E-state index contributed by atoms with van der Waals surface area (Å²) in [7, 11) is 0.660. The molecule has 1 aliphatic heterocycles. The fourth-order valence-electron chi connectivity index (χ4n) is 2.62. The molecule has 0 amide bonds. The normalized spacial score (nSPS) is 18.6. The Balaban J connectivity index is 2.04. The third-order valence-electron chi connectivity index (χ3n) is 3.67. The highest BCUT2D eigenvalue weighted by Gasteiger charge is 2.29. The number of hydrogen-bond acceptors (Lipinski definition) is 4. The first kappa shape index (κ1) is 15.3. The maximum Gasteiger partial charge on any atom is 0.243 e. The van der Waals surface area contributed by atoms with Gasteiger partial charge in [-0.2, -0.15) is 4.31 Å². The van der Waals surface area contributed by atoms with Crippen LogP contribution in [0.15, 0.2) is 29.2 Å². The highest BCUT2D eigenvalue weighted by molar-refractivity contribution is 7.89. The Morgan fingerprint density at radius 3 is 2.25 bits per heavy atom. The molecule has 0 radical (unpaired) electrons. The molecule has 1 heterocycles.